The first kappa shape index (κ1) is 23.8. The average molecular weight is 457 g/mol. The lowest BCUT2D eigenvalue weighted by Crippen LogP contribution is -2.50. The zero-order valence-corrected chi connectivity index (χ0v) is 19.0. The number of hydrogen-bond acceptors (Lipinski definition) is 8. The number of nitro benzene ring substituents is 1. The van der Waals surface area contributed by atoms with E-state index in [2.05, 4.69) is 15.2 Å². The second-order valence-corrected chi connectivity index (χ2v) is 8.45. The number of nitrogens with one attached hydrogen (secondary N) is 1. The molecule has 11 nitrogen and oxygen atoms in total. The van der Waals surface area contributed by atoms with E-state index in [1.807, 2.05) is 26.8 Å². The molecule has 2 amide bonds. The molecule has 33 heavy (non-hydrogen) atoms. The maximum absolute atomic E-state index is 12.6. The molecule has 1 aromatic heterocycles. The summed E-state index contributed by atoms with van der Waals surface area (Å²) in [5, 5.41) is 13.7. The van der Waals surface area contributed by atoms with Crippen LogP contribution < -0.4 is 15.0 Å². The van der Waals surface area contributed by atoms with Gasteiger partial charge in [0.05, 0.1) is 29.5 Å². The molecule has 1 fully saturated rings. The largest absolute Gasteiger partial charge is 0.496 e. The van der Waals surface area contributed by atoms with Crippen molar-refractivity contribution in [1.29, 1.82) is 0 Å². The van der Waals surface area contributed by atoms with Gasteiger partial charge >= 0.3 is 6.09 Å². The molecule has 0 aliphatic carbocycles. The number of ether oxygens (including phenoxy) is 2. The first-order valence-corrected chi connectivity index (χ1v) is 10.4. The summed E-state index contributed by atoms with van der Waals surface area (Å²) >= 11 is 0. The lowest BCUT2D eigenvalue weighted by atomic mass is 10.1. The summed E-state index contributed by atoms with van der Waals surface area (Å²) in [6.45, 7) is 7.81. The van der Waals surface area contributed by atoms with Crippen LogP contribution in [0.3, 0.4) is 0 Å². The van der Waals surface area contributed by atoms with Crippen molar-refractivity contribution in [3.05, 3.63) is 52.2 Å². The quantitative estimate of drug-likeness (QED) is 0.535. The summed E-state index contributed by atoms with van der Waals surface area (Å²) < 4.78 is 10.6. The van der Waals surface area contributed by atoms with E-state index in [0.29, 0.717) is 32.0 Å². The normalized spacial score (nSPS) is 13.9. The Morgan fingerprint density at radius 1 is 1.12 bits per heavy atom. The number of rotatable bonds is 5. The molecule has 2 heterocycles. The minimum absolute atomic E-state index is 0.0378. The van der Waals surface area contributed by atoms with Crippen molar-refractivity contribution in [3.63, 3.8) is 0 Å². The predicted octanol–water partition coefficient (Wildman–Crippen LogP) is 3.31. The maximum atomic E-state index is 12.6. The number of nitro groups is 1. The topological polar surface area (TPSA) is 127 Å². The van der Waals surface area contributed by atoms with E-state index in [-0.39, 0.29) is 23.1 Å². The minimum atomic E-state index is -0.578. The van der Waals surface area contributed by atoms with Crippen LogP contribution in [0.5, 0.6) is 5.75 Å². The number of amides is 2. The van der Waals surface area contributed by atoms with Crippen molar-refractivity contribution in [2.45, 2.75) is 26.4 Å². The number of piperazine rings is 1. The molecule has 176 valence electrons. The van der Waals surface area contributed by atoms with Crippen molar-refractivity contribution in [1.82, 2.24) is 9.88 Å². The number of anilines is 2. The van der Waals surface area contributed by atoms with Gasteiger partial charge in [0.15, 0.2) is 0 Å². The van der Waals surface area contributed by atoms with Crippen molar-refractivity contribution < 1.29 is 24.0 Å². The van der Waals surface area contributed by atoms with Gasteiger partial charge in [0.2, 0.25) is 0 Å². The van der Waals surface area contributed by atoms with E-state index in [1.165, 1.54) is 19.2 Å². The third kappa shape index (κ3) is 6.09. The van der Waals surface area contributed by atoms with Crippen LogP contribution in [0.4, 0.5) is 22.0 Å². The first-order valence-electron chi connectivity index (χ1n) is 10.4. The Balaban J connectivity index is 1.61. The molecule has 1 aliphatic rings. The number of aromatic nitrogens is 1. The number of carbonyl (C=O) groups is 2. The number of benzene rings is 1. The summed E-state index contributed by atoms with van der Waals surface area (Å²) in [7, 11) is 1.38. The molecule has 1 N–H and O–H groups in total. The van der Waals surface area contributed by atoms with E-state index in [0.717, 1.165) is 11.8 Å². The van der Waals surface area contributed by atoms with Gasteiger partial charge in [-0.3, -0.25) is 14.9 Å². The van der Waals surface area contributed by atoms with Crippen LogP contribution in [-0.4, -0.2) is 65.7 Å². The minimum Gasteiger partial charge on any atom is -0.496 e. The maximum Gasteiger partial charge on any atom is 0.410 e. The summed E-state index contributed by atoms with van der Waals surface area (Å²) in [6.07, 6.45) is 1.30. The van der Waals surface area contributed by atoms with Crippen molar-refractivity contribution in [2.24, 2.45) is 0 Å². The second kappa shape index (κ2) is 9.72. The third-order valence-electron chi connectivity index (χ3n) is 4.92. The van der Waals surface area contributed by atoms with Crippen LogP contribution in [0.25, 0.3) is 0 Å². The van der Waals surface area contributed by atoms with Gasteiger partial charge in [-0.15, -0.1) is 0 Å². The molecule has 3 rings (SSSR count). The van der Waals surface area contributed by atoms with Crippen LogP contribution in [-0.2, 0) is 4.74 Å². The molecule has 1 saturated heterocycles. The molecular formula is C22H27N5O6. The zero-order chi connectivity index (χ0) is 24.2. The highest BCUT2D eigenvalue weighted by molar-refractivity contribution is 6.06. The van der Waals surface area contributed by atoms with Crippen LogP contribution in [0.2, 0.25) is 0 Å². The van der Waals surface area contributed by atoms with Gasteiger partial charge in [0.25, 0.3) is 11.6 Å². The van der Waals surface area contributed by atoms with E-state index in [4.69, 9.17) is 9.47 Å². The van der Waals surface area contributed by atoms with Crippen molar-refractivity contribution in [3.8, 4) is 5.75 Å². The summed E-state index contributed by atoms with van der Waals surface area (Å²) in [5.74, 6) is -0.0518. The highest BCUT2D eigenvalue weighted by Crippen LogP contribution is 2.25. The Morgan fingerprint density at radius 3 is 2.36 bits per heavy atom. The molecule has 2 aromatic rings. The number of nitrogens with zero attached hydrogens (tertiary/aromatic N) is 4. The van der Waals surface area contributed by atoms with Gasteiger partial charge in [-0.05, 0) is 39.0 Å². The molecule has 0 atom stereocenters. The van der Waals surface area contributed by atoms with Crippen LogP contribution >= 0.6 is 0 Å². The average Bonchev–Trinajstić information content (AvgIpc) is 2.78. The lowest BCUT2D eigenvalue weighted by Gasteiger charge is -2.36. The van der Waals surface area contributed by atoms with E-state index in [9.17, 15) is 19.7 Å². The fourth-order valence-electron chi connectivity index (χ4n) is 3.29. The fraction of sp³-hybridized carbons (Fsp3) is 0.409. The number of non-ortho nitro benzene ring substituents is 1. The Bertz CT molecular complexity index is 1030. The molecule has 1 aliphatic heterocycles. The number of carbonyl (C=O) groups excluding carboxylic acids is 2. The van der Waals surface area contributed by atoms with E-state index in [1.54, 1.807) is 17.2 Å². The second-order valence-electron chi connectivity index (χ2n) is 8.45. The van der Waals surface area contributed by atoms with E-state index < -0.39 is 16.4 Å². The standard InChI is InChI=1S/C22H27N5O6/c1-22(2,3)33-21(29)26-11-9-25(10-12-26)16-6-8-19(23-14-16)24-20(28)17-13-15(27(30)31)5-7-18(17)32-4/h5-8,13-14H,9-12H2,1-4H3,(H,23,24,28). The number of pyridine rings is 1. The van der Waals surface area contributed by atoms with Gasteiger partial charge < -0.3 is 24.6 Å². The predicted molar refractivity (Wildman–Crippen MR) is 122 cm³/mol. The van der Waals surface area contributed by atoms with Gasteiger partial charge in [-0.1, -0.05) is 0 Å². The highest BCUT2D eigenvalue weighted by atomic mass is 16.6. The van der Waals surface area contributed by atoms with Crippen LogP contribution in [0.15, 0.2) is 36.5 Å². The van der Waals surface area contributed by atoms with Crippen LogP contribution in [0.1, 0.15) is 31.1 Å². The SMILES string of the molecule is COc1ccc([N+](=O)[O-])cc1C(=O)Nc1ccc(N2CCN(C(=O)OC(C)(C)C)CC2)cn1. The Labute approximate surface area is 191 Å². The fourth-order valence-corrected chi connectivity index (χ4v) is 3.29. The third-order valence-corrected chi connectivity index (χ3v) is 4.92. The zero-order valence-electron chi connectivity index (χ0n) is 19.0. The van der Waals surface area contributed by atoms with Gasteiger partial charge in [0.1, 0.15) is 17.2 Å². The molecule has 0 saturated carbocycles. The Morgan fingerprint density at radius 2 is 1.82 bits per heavy atom. The van der Waals surface area contributed by atoms with Gasteiger partial charge in [-0.25, -0.2) is 9.78 Å². The lowest BCUT2D eigenvalue weighted by molar-refractivity contribution is -0.384. The summed E-state index contributed by atoms with van der Waals surface area (Å²) in [5.41, 5.74) is 0.142. The monoisotopic (exact) mass is 457 g/mol. The molecule has 1 aromatic carbocycles. The smallest absolute Gasteiger partial charge is 0.410 e. The molecular weight excluding hydrogens is 430 g/mol. The molecule has 0 spiro atoms. The molecule has 0 bridgehead atoms. The summed E-state index contributed by atoms with van der Waals surface area (Å²) in [6, 6.07) is 7.27. The van der Waals surface area contributed by atoms with Crippen LogP contribution in [0, 0.1) is 10.1 Å². The van der Waals surface area contributed by atoms with E-state index >= 15 is 0 Å². The summed E-state index contributed by atoms with van der Waals surface area (Å²) in [4.78, 5) is 43.3. The van der Waals surface area contributed by atoms with Crippen molar-refractivity contribution >= 4 is 29.2 Å². The molecule has 11 heteroatoms. The van der Waals surface area contributed by atoms with Crippen molar-refractivity contribution in [2.75, 3.05) is 43.5 Å². The molecule has 0 radical (unpaired) electrons. The van der Waals surface area contributed by atoms with Gasteiger partial charge in [0, 0.05) is 38.3 Å². The highest BCUT2D eigenvalue weighted by Gasteiger charge is 2.26. The number of hydrogen-bond donors (Lipinski definition) is 1. The van der Waals surface area contributed by atoms with Gasteiger partial charge in [-0.2, -0.15) is 0 Å². The Hall–Kier alpha value is -3.89. The Kier molecular flexibility index (Phi) is 7.00. The number of methoxy groups -OCH3 is 1. The first-order chi connectivity index (χ1) is 15.6. The molecule has 0 unspecified atom stereocenters.